The highest BCUT2D eigenvalue weighted by molar-refractivity contribution is 7.80. The van der Waals surface area contributed by atoms with Gasteiger partial charge in [-0.25, -0.2) is 9.59 Å². The third-order valence-electron chi connectivity index (χ3n) is 1.86. The summed E-state index contributed by atoms with van der Waals surface area (Å²) in [6.45, 7) is 0.767. The maximum absolute atomic E-state index is 11.2. The van der Waals surface area contributed by atoms with E-state index in [1.165, 1.54) is 0 Å². The van der Waals surface area contributed by atoms with Gasteiger partial charge in [0.2, 0.25) is 0 Å². The van der Waals surface area contributed by atoms with E-state index >= 15 is 0 Å². The molecule has 0 heterocycles. The number of rotatable bonds is 6. The highest BCUT2D eigenvalue weighted by Gasteiger charge is 2.46. The molecule has 0 rings (SSSR count). The fourth-order valence-corrected chi connectivity index (χ4v) is 0.991. The Bertz CT molecular complexity index is 291. The lowest BCUT2D eigenvalue weighted by molar-refractivity contribution is -0.189. The summed E-state index contributed by atoms with van der Waals surface area (Å²) in [6.07, 6.45) is 0.164. The van der Waals surface area contributed by atoms with Crippen LogP contribution in [0.2, 0.25) is 0 Å². The topological polar surface area (TPSA) is 127 Å². The third kappa shape index (κ3) is 3.38. The van der Waals surface area contributed by atoms with Crippen LogP contribution < -0.4 is 5.73 Å². The quantitative estimate of drug-likeness (QED) is 0.274. The first-order valence-electron chi connectivity index (χ1n) is 4.31. The summed E-state index contributed by atoms with van der Waals surface area (Å²) in [5, 5.41) is 17.3. The van der Waals surface area contributed by atoms with Crippen LogP contribution >= 0.6 is 12.6 Å². The zero-order chi connectivity index (χ0) is 12.9. The molecule has 0 aromatic rings. The van der Waals surface area contributed by atoms with E-state index in [0.29, 0.717) is 5.75 Å². The number of carbonyl (C=O) groups excluding carboxylic acids is 1. The molecule has 8 heteroatoms. The van der Waals surface area contributed by atoms with Crippen LogP contribution in [-0.2, 0) is 19.1 Å². The molecule has 0 saturated carbocycles. The van der Waals surface area contributed by atoms with Crippen molar-refractivity contribution in [3.05, 3.63) is 0 Å². The lowest BCUT2D eigenvalue weighted by Gasteiger charge is -2.22. The van der Waals surface area contributed by atoms with Gasteiger partial charge in [-0.1, -0.05) is 0 Å². The number of thiol groups is 1. The minimum absolute atomic E-state index is 0.164. The molecule has 1 atom stereocenters. The summed E-state index contributed by atoms with van der Waals surface area (Å²) in [4.78, 5) is 32.6. The van der Waals surface area contributed by atoms with Crippen molar-refractivity contribution >= 4 is 30.5 Å². The molecule has 16 heavy (non-hydrogen) atoms. The van der Waals surface area contributed by atoms with Crippen LogP contribution in [0.3, 0.4) is 0 Å². The lowest BCUT2D eigenvalue weighted by atomic mass is 10.1. The molecule has 0 amide bonds. The molecule has 0 radical (unpaired) electrons. The molecule has 0 saturated heterocycles. The van der Waals surface area contributed by atoms with Crippen LogP contribution in [0.15, 0.2) is 0 Å². The van der Waals surface area contributed by atoms with Gasteiger partial charge < -0.3 is 20.7 Å². The SMILES string of the molecule is CC(OC(=O)[C@@H](N)CCS)(C(=O)O)C(=O)O. The van der Waals surface area contributed by atoms with Crippen LogP contribution in [0.1, 0.15) is 13.3 Å². The number of carboxylic acid groups (broad SMARTS) is 2. The molecule has 0 aromatic heterocycles. The number of carboxylic acids is 2. The molecule has 92 valence electrons. The van der Waals surface area contributed by atoms with Crippen molar-refractivity contribution in [1.82, 2.24) is 0 Å². The number of carbonyl (C=O) groups is 3. The maximum atomic E-state index is 11.2. The number of hydrogen-bond donors (Lipinski definition) is 4. The fraction of sp³-hybridized carbons (Fsp3) is 0.625. The highest BCUT2D eigenvalue weighted by Crippen LogP contribution is 2.13. The van der Waals surface area contributed by atoms with Gasteiger partial charge in [-0.3, -0.25) is 4.79 Å². The molecule has 0 aliphatic rings. The Morgan fingerprint density at radius 3 is 2.12 bits per heavy atom. The Balaban J connectivity index is 4.72. The van der Waals surface area contributed by atoms with Gasteiger partial charge >= 0.3 is 23.5 Å². The maximum Gasteiger partial charge on any atom is 0.359 e. The van der Waals surface area contributed by atoms with Gasteiger partial charge in [0.15, 0.2) is 0 Å². The van der Waals surface area contributed by atoms with Gasteiger partial charge in [-0.05, 0) is 19.1 Å². The monoisotopic (exact) mass is 251 g/mol. The molecule has 0 fully saturated rings. The number of nitrogens with two attached hydrogens (primary N) is 1. The predicted octanol–water partition coefficient (Wildman–Crippen LogP) is -0.895. The molecule has 0 aliphatic heterocycles. The van der Waals surface area contributed by atoms with E-state index in [1.807, 2.05) is 0 Å². The molecule has 0 aromatic carbocycles. The van der Waals surface area contributed by atoms with E-state index < -0.39 is 29.6 Å². The van der Waals surface area contributed by atoms with E-state index in [0.717, 1.165) is 6.92 Å². The van der Waals surface area contributed by atoms with Gasteiger partial charge in [0.25, 0.3) is 0 Å². The summed E-state index contributed by atoms with van der Waals surface area (Å²) in [7, 11) is 0. The third-order valence-corrected chi connectivity index (χ3v) is 2.12. The van der Waals surface area contributed by atoms with Gasteiger partial charge in [0, 0.05) is 0 Å². The van der Waals surface area contributed by atoms with E-state index in [2.05, 4.69) is 17.4 Å². The number of hydrogen-bond acceptors (Lipinski definition) is 6. The Morgan fingerprint density at radius 1 is 1.38 bits per heavy atom. The number of ether oxygens (including phenoxy) is 1. The Morgan fingerprint density at radius 2 is 1.81 bits per heavy atom. The molecule has 0 spiro atoms. The van der Waals surface area contributed by atoms with Crippen molar-refractivity contribution in [3.8, 4) is 0 Å². The largest absolute Gasteiger partial charge is 0.478 e. The first kappa shape index (κ1) is 14.7. The van der Waals surface area contributed by atoms with Gasteiger partial charge in [0.1, 0.15) is 6.04 Å². The summed E-state index contributed by atoms with van der Waals surface area (Å²) in [5.41, 5.74) is 2.71. The van der Waals surface area contributed by atoms with E-state index in [9.17, 15) is 14.4 Å². The number of esters is 1. The van der Waals surface area contributed by atoms with E-state index in [-0.39, 0.29) is 6.42 Å². The Kier molecular flexibility index (Phi) is 5.25. The summed E-state index contributed by atoms with van der Waals surface area (Å²) >= 11 is 3.83. The van der Waals surface area contributed by atoms with E-state index in [1.54, 1.807) is 0 Å². The highest BCUT2D eigenvalue weighted by atomic mass is 32.1. The molecular formula is C8H13NO6S. The fourth-order valence-electron chi connectivity index (χ4n) is 0.713. The van der Waals surface area contributed by atoms with Gasteiger partial charge in [0.05, 0.1) is 0 Å². The second-order valence-corrected chi connectivity index (χ2v) is 3.63. The van der Waals surface area contributed by atoms with E-state index in [4.69, 9.17) is 15.9 Å². The normalized spacial score (nSPS) is 12.9. The van der Waals surface area contributed by atoms with Crippen LogP contribution in [0.25, 0.3) is 0 Å². The zero-order valence-corrected chi connectivity index (χ0v) is 9.44. The van der Waals surface area contributed by atoms with Gasteiger partial charge in [-0.15, -0.1) is 0 Å². The standard InChI is InChI=1S/C8H13NO6S/c1-8(6(11)12,7(13)14)15-5(10)4(9)2-3-16/h4,16H,2-3,9H2,1H3,(H,11,12)(H,13,14)/t4-/m0/s1. The second kappa shape index (κ2) is 5.71. The summed E-state index contributed by atoms with van der Waals surface area (Å²) < 4.78 is 4.38. The molecule has 0 bridgehead atoms. The average Bonchev–Trinajstić information content (AvgIpc) is 2.17. The Hall–Kier alpha value is -1.28. The average molecular weight is 251 g/mol. The second-order valence-electron chi connectivity index (χ2n) is 3.18. The van der Waals surface area contributed by atoms with Crippen molar-refractivity contribution in [2.75, 3.05) is 5.75 Å². The zero-order valence-electron chi connectivity index (χ0n) is 8.54. The van der Waals surface area contributed by atoms with Crippen molar-refractivity contribution in [3.63, 3.8) is 0 Å². The Labute approximate surface area is 97.0 Å². The lowest BCUT2D eigenvalue weighted by Crippen LogP contribution is -2.50. The number of aliphatic carboxylic acids is 2. The molecule has 0 unspecified atom stereocenters. The van der Waals surface area contributed by atoms with Crippen LogP contribution in [-0.4, -0.2) is 45.5 Å². The molecule has 0 aliphatic carbocycles. The summed E-state index contributed by atoms with van der Waals surface area (Å²) in [6, 6.07) is -1.09. The first-order valence-corrected chi connectivity index (χ1v) is 4.95. The minimum Gasteiger partial charge on any atom is -0.478 e. The minimum atomic E-state index is -2.62. The van der Waals surface area contributed by atoms with Crippen molar-refractivity contribution in [2.45, 2.75) is 25.0 Å². The molecule has 4 N–H and O–H groups in total. The smallest absolute Gasteiger partial charge is 0.359 e. The van der Waals surface area contributed by atoms with Crippen molar-refractivity contribution in [1.29, 1.82) is 0 Å². The molecular weight excluding hydrogens is 238 g/mol. The van der Waals surface area contributed by atoms with Crippen molar-refractivity contribution < 1.29 is 29.3 Å². The van der Waals surface area contributed by atoms with Crippen LogP contribution in [0.4, 0.5) is 0 Å². The van der Waals surface area contributed by atoms with Crippen LogP contribution in [0.5, 0.6) is 0 Å². The van der Waals surface area contributed by atoms with Gasteiger partial charge in [-0.2, -0.15) is 12.6 Å². The summed E-state index contributed by atoms with van der Waals surface area (Å²) in [5.74, 6) is -4.33. The molecule has 7 nitrogen and oxygen atoms in total. The first-order chi connectivity index (χ1) is 7.25. The van der Waals surface area contributed by atoms with Crippen molar-refractivity contribution in [2.24, 2.45) is 5.73 Å². The predicted molar refractivity (Wildman–Crippen MR) is 56.2 cm³/mol. The van der Waals surface area contributed by atoms with Crippen LogP contribution in [0, 0.1) is 0 Å².